The Balaban J connectivity index is 2.58. The predicted octanol–water partition coefficient (Wildman–Crippen LogP) is 3.29. The highest BCUT2D eigenvalue weighted by molar-refractivity contribution is 7.98. The van der Waals surface area contributed by atoms with Gasteiger partial charge in [0.25, 0.3) is 0 Å². The lowest BCUT2D eigenvalue weighted by molar-refractivity contribution is -0.142. The summed E-state index contributed by atoms with van der Waals surface area (Å²) in [5.74, 6) is 0.0779. The van der Waals surface area contributed by atoms with Gasteiger partial charge in [-0.25, -0.2) is 4.79 Å². The van der Waals surface area contributed by atoms with Crippen molar-refractivity contribution in [2.75, 3.05) is 29.5 Å². The number of thioether (sulfide) groups is 1. The number of carbonyl (C=O) groups is 2. The summed E-state index contributed by atoms with van der Waals surface area (Å²) in [4.78, 5) is 25.9. The third-order valence-electron chi connectivity index (χ3n) is 4.23. The largest absolute Gasteiger partial charge is 0.480 e. The second-order valence-corrected chi connectivity index (χ2v) is 8.11. The van der Waals surface area contributed by atoms with Crippen molar-refractivity contribution in [3.63, 3.8) is 0 Å². The van der Waals surface area contributed by atoms with Gasteiger partial charge in [0.05, 0.1) is 5.41 Å². The first-order valence-electron chi connectivity index (χ1n) is 8.81. The number of nitrogens with one attached hydrogen (secondary N) is 1. The highest BCUT2D eigenvalue weighted by Crippen LogP contribution is 2.20. The maximum atomic E-state index is 12.2. The van der Waals surface area contributed by atoms with E-state index in [1.807, 2.05) is 0 Å². The third kappa shape index (κ3) is 6.76. The molecule has 1 atom stereocenters. The summed E-state index contributed by atoms with van der Waals surface area (Å²) in [7, 11) is 0. The number of carboxylic acid groups (broad SMARTS) is 1. The number of carbonyl (C=O) groups excluding carboxylic acids is 1. The number of thiol groups is 1. The molecule has 0 fully saturated rings. The summed E-state index contributed by atoms with van der Waals surface area (Å²) in [6, 6.07) is 7.42. The van der Waals surface area contributed by atoms with E-state index in [9.17, 15) is 14.7 Å². The van der Waals surface area contributed by atoms with Crippen molar-refractivity contribution in [3.8, 4) is 0 Å². The molecule has 0 radical (unpaired) electrons. The molecule has 0 heterocycles. The van der Waals surface area contributed by atoms with E-state index >= 15 is 0 Å². The predicted molar refractivity (Wildman–Crippen MR) is 113 cm³/mol. The first kappa shape index (κ1) is 22.7. The van der Waals surface area contributed by atoms with Crippen molar-refractivity contribution in [1.82, 2.24) is 5.32 Å². The van der Waals surface area contributed by atoms with Crippen molar-refractivity contribution >= 4 is 42.0 Å². The van der Waals surface area contributed by atoms with Crippen LogP contribution in [-0.2, 0) is 15.3 Å². The molecule has 1 aromatic rings. The van der Waals surface area contributed by atoms with Crippen LogP contribution in [0, 0.1) is 5.41 Å². The molecule has 0 aliphatic carbocycles. The van der Waals surface area contributed by atoms with E-state index in [1.165, 1.54) is 17.4 Å². The van der Waals surface area contributed by atoms with Gasteiger partial charge >= 0.3 is 5.97 Å². The van der Waals surface area contributed by atoms with Crippen molar-refractivity contribution in [2.45, 2.75) is 39.5 Å². The molecule has 0 spiro atoms. The number of amides is 1. The Bertz CT molecular complexity index is 587. The molecule has 0 saturated heterocycles. The lowest BCUT2D eigenvalue weighted by Crippen LogP contribution is -2.48. The standard InChI is InChI=1S/C19H30N2O3S2/c1-5-21(6-2)15-9-7-14(8-10-15)11-26-12-16(17(22)23)20-18(24)19(3,4)13-25/h7-10,16,25H,5-6,11-13H2,1-4H3,(H,20,24)(H,22,23)/t16-/m0/s1. The van der Waals surface area contributed by atoms with E-state index in [0.29, 0.717) is 17.3 Å². The van der Waals surface area contributed by atoms with E-state index in [2.05, 4.69) is 61.0 Å². The molecule has 146 valence electrons. The molecular weight excluding hydrogens is 368 g/mol. The fourth-order valence-corrected chi connectivity index (χ4v) is 3.44. The van der Waals surface area contributed by atoms with Gasteiger partial charge in [0.2, 0.25) is 5.91 Å². The minimum absolute atomic E-state index is 0.288. The van der Waals surface area contributed by atoms with Crippen LogP contribution in [-0.4, -0.2) is 47.6 Å². The van der Waals surface area contributed by atoms with Crippen LogP contribution in [0.4, 0.5) is 5.69 Å². The van der Waals surface area contributed by atoms with Gasteiger partial charge in [-0.2, -0.15) is 24.4 Å². The van der Waals surface area contributed by atoms with Crippen LogP contribution in [0.5, 0.6) is 0 Å². The molecule has 0 aliphatic heterocycles. The fourth-order valence-electron chi connectivity index (χ4n) is 2.29. The lowest BCUT2D eigenvalue weighted by atomic mass is 9.95. The van der Waals surface area contributed by atoms with Crippen LogP contribution >= 0.6 is 24.4 Å². The minimum Gasteiger partial charge on any atom is -0.480 e. The van der Waals surface area contributed by atoms with E-state index < -0.39 is 17.4 Å². The monoisotopic (exact) mass is 398 g/mol. The first-order valence-corrected chi connectivity index (χ1v) is 10.6. The van der Waals surface area contributed by atoms with Crippen molar-refractivity contribution in [2.24, 2.45) is 5.41 Å². The highest BCUT2D eigenvalue weighted by Gasteiger charge is 2.30. The summed E-state index contributed by atoms with van der Waals surface area (Å²) in [5, 5.41) is 12.0. The fraction of sp³-hybridized carbons (Fsp3) is 0.579. The van der Waals surface area contributed by atoms with Gasteiger partial charge in [-0.15, -0.1) is 0 Å². The molecule has 0 bridgehead atoms. The zero-order chi connectivity index (χ0) is 19.7. The lowest BCUT2D eigenvalue weighted by Gasteiger charge is -2.24. The molecule has 7 heteroatoms. The summed E-state index contributed by atoms with van der Waals surface area (Å²) >= 11 is 5.65. The second-order valence-electron chi connectivity index (χ2n) is 6.76. The van der Waals surface area contributed by atoms with Crippen LogP contribution in [0.2, 0.25) is 0 Å². The van der Waals surface area contributed by atoms with Gasteiger partial charge < -0.3 is 15.3 Å². The molecule has 1 aromatic carbocycles. The first-order chi connectivity index (χ1) is 12.2. The quantitative estimate of drug-likeness (QED) is 0.499. The van der Waals surface area contributed by atoms with Crippen LogP contribution in [0.1, 0.15) is 33.3 Å². The number of hydrogen-bond acceptors (Lipinski definition) is 5. The Morgan fingerprint density at radius 2 is 1.81 bits per heavy atom. The molecule has 0 saturated carbocycles. The van der Waals surface area contributed by atoms with E-state index in [4.69, 9.17) is 0 Å². The number of nitrogens with zero attached hydrogens (tertiary/aromatic N) is 1. The summed E-state index contributed by atoms with van der Waals surface area (Å²) in [6.07, 6.45) is 0. The molecule has 0 aromatic heterocycles. The Kier molecular flexibility index (Phi) is 9.36. The Labute approximate surface area is 166 Å². The average Bonchev–Trinajstić information content (AvgIpc) is 2.62. The average molecular weight is 399 g/mol. The van der Waals surface area contributed by atoms with Crippen molar-refractivity contribution < 1.29 is 14.7 Å². The number of anilines is 1. The SMILES string of the molecule is CCN(CC)c1ccc(CSC[C@H](NC(=O)C(C)(C)CS)C(=O)O)cc1. The Morgan fingerprint density at radius 3 is 2.27 bits per heavy atom. The van der Waals surface area contributed by atoms with Gasteiger partial charge in [0.1, 0.15) is 6.04 Å². The summed E-state index contributed by atoms with van der Waals surface area (Å²) in [5.41, 5.74) is 1.63. The smallest absolute Gasteiger partial charge is 0.327 e. The topological polar surface area (TPSA) is 69.6 Å². The van der Waals surface area contributed by atoms with Crippen molar-refractivity contribution in [1.29, 1.82) is 0 Å². The number of carboxylic acids is 1. The minimum atomic E-state index is -1.02. The van der Waals surface area contributed by atoms with Gasteiger partial charge in [0, 0.05) is 36.0 Å². The maximum absolute atomic E-state index is 12.2. The third-order valence-corrected chi connectivity index (χ3v) is 6.13. The zero-order valence-electron chi connectivity index (χ0n) is 16.0. The van der Waals surface area contributed by atoms with E-state index in [1.54, 1.807) is 13.8 Å². The number of benzene rings is 1. The Morgan fingerprint density at radius 1 is 1.23 bits per heavy atom. The van der Waals surface area contributed by atoms with Gasteiger partial charge in [-0.3, -0.25) is 4.79 Å². The molecule has 1 rings (SSSR count). The zero-order valence-corrected chi connectivity index (χ0v) is 17.7. The number of aliphatic carboxylic acids is 1. The molecule has 2 N–H and O–H groups in total. The summed E-state index contributed by atoms with van der Waals surface area (Å²) < 4.78 is 0. The molecule has 5 nitrogen and oxygen atoms in total. The maximum Gasteiger partial charge on any atom is 0.327 e. The van der Waals surface area contributed by atoms with Gasteiger partial charge in [-0.1, -0.05) is 26.0 Å². The van der Waals surface area contributed by atoms with E-state index in [0.717, 1.165) is 18.7 Å². The molecular formula is C19H30N2O3S2. The molecule has 0 unspecified atom stereocenters. The van der Waals surface area contributed by atoms with Crippen LogP contribution in [0.15, 0.2) is 24.3 Å². The normalized spacial score (nSPS) is 12.5. The van der Waals surface area contributed by atoms with Crippen molar-refractivity contribution in [3.05, 3.63) is 29.8 Å². The van der Waals surface area contributed by atoms with Gasteiger partial charge in [-0.05, 0) is 31.5 Å². The molecule has 0 aliphatic rings. The van der Waals surface area contributed by atoms with Crippen LogP contribution in [0.25, 0.3) is 0 Å². The Hall–Kier alpha value is -1.34. The van der Waals surface area contributed by atoms with Gasteiger partial charge in [0.15, 0.2) is 0 Å². The second kappa shape index (κ2) is 10.7. The summed E-state index contributed by atoms with van der Waals surface area (Å²) in [6.45, 7) is 9.68. The number of hydrogen-bond donors (Lipinski definition) is 3. The van der Waals surface area contributed by atoms with E-state index in [-0.39, 0.29) is 5.91 Å². The van der Waals surface area contributed by atoms with Crippen LogP contribution < -0.4 is 10.2 Å². The highest BCUT2D eigenvalue weighted by atomic mass is 32.2. The molecule has 26 heavy (non-hydrogen) atoms. The number of rotatable bonds is 11. The molecule has 1 amide bonds. The van der Waals surface area contributed by atoms with Crippen LogP contribution in [0.3, 0.4) is 0 Å².